The average molecular weight is 291 g/mol. The number of hydrogen-bond donors (Lipinski definition) is 2. The van der Waals surface area contributed by atoms with E-state index in [2.05, 4.69) is 10.3 Å². The van der Waals surface area contributed by atoms with Crippen LogP contribution in [0.3, 0.4) is 0 Å². The van der Waals surface area contributed by atoms with Crippen molar-refractivity contribution in [1.82, 2.24) is 4.98 Å². The van der Waals surface area contributed by atoms with E-state index in [0.717, 1.165) is 0 Å². The predicted octanol–water partition coefficient (Wildman–Crippen LogP) is 1.78. The van der Waals surface area contributed by atoms with Gasteiger partial charge in [0.1, 0.15) is 12.4 Å². The number of aromatic nitrogens is 1. The van der Waals surface area contributed by atoms with Crippen LogP contribution >= 0.6 is 11.3 Å². The lowest BCUT2D eigenvalue weighted by Gasteiger charge is -2.07. The SMILES string of the molecule is CC(=O)Nc1nc(COc2ccccc2C(N)=O)cs1. The second-order valence-electron chi connectivity index (χ2n) is 3.97. The maximum absolute atomic E-state index is 11.2. The van der Waals surface area contributed by atoms with Gasteiger partial charge in [0, 0.05) is 12.3 Å². The number of carbonyl (C=O) groups is 2. The molecular formula is C13H13N3O3S. The number of benzene rings is 1. The van der Waals surface area contributed by atoms with Gasteiger partial charge in [0.15, 0.2) is 5.13 Å². The van der Waals surface area contributed by atoms with Crippen molar-refractivity contribution in [3.05, 3.63) is 40.9 Å². The summed E-state index contributed by atoms with van der Waals surface area (Å²) in [5, 5.41) is 4.88. The molecule has 0 aliphatic rings. The molecular weight excluding hydrogens is 278 g/mol. The van der Waals surface area contributed by atoms with E-state index in [0.29, 0.717) is 22.1 Å². The first kappa shape index (κ1) is 14.0. The van der Waals surface area contributed by atoms with Crippen LogP contribution in [-0.4, -0.2) is 16.8 Å². The lowest BCUT2D eigenvalue weighted by molar-refractivity contribution is -0.114. The molecule has 2 amide bonds. The molecule has 104 valence electrons. The highest BCUT2D eigenvalue weighted by Gasteiger charge is 2.09. The maximum atomic E-state index is 11.2. The summed E-state index contributed by atoms with van der Waals surface area (Å²) in [5.41, 5.74) is 6.25. The average Bonchev–Trinajstić information content (AvgIpc) is 2.83. The van der Waals surface area contributed by atoms with E-state index in [-0.39, 0.29) is 12.5 Å². The topological polar surface area (TPSA) is 94.3 Å². The Balaban J connectivity index is 2.04. The number of amides is 2. The molecule has 0 aliphatic carbocycles. The molecule has 0 radical (unpaired) electrons. The van der Waals surface area contributed by atoms with Gasteiger partial charge in [0.05, 0.1) is 11.3 Å². The Kier molecular flexibility index (Phi) is 4.31. The van der Waals surface area contributed by atoms with Crippen molar-refractivity contribution >= 4 is 28.3 Å². The quantitative estimate of drug-likeness (QED) is 0.878. The minimum Gasteiger partial charge on any atom is -0.486 e. The number of nitrogens with two attached hydrogens (primary N) is 1. The normalized spacial score (nSPS) is 10.1. The number of hydrogen-bond acceptors (Lipinski definition) is 5. The van der Waals surface area contributed by atoms with Crippen molar-refractivity contribution in [1.29, 1.82) is 0 Å². The van der Waals surface area contributed by atoms with Gasteiger partial charge in [-0.15, -0.1) is 11.3 Å². The molecule has 1 aromatic heterocycles. The standard InChI is InChI=1S/C13H13N3O3S/c1-8(17)15-13-16-9(7-20-13)6-19-11-5-3-2-4-10(11)12(14)18/h2-5,7H,6H2,1H3,(H2,14,18)(H,15,16,17). The van der Waals surface area contributed by atoms with Crippen molar-refractivity contribution in [2.75, 3.05) is 5.32 Å². The molecule has 2 aromatic rings. The Hall–Kier alpha value is -2.41. The Bertz CT molecular complexity index is 639. The molecule has 6 nitrogen and oxygen atoms in total. The van der Waals surface area contributed by atoms with Crippen molar-refractivity contribution < 1.29 is 14.3 Å². The Labute approximate surface area is 119 Å². The summed E-state index contributed by atoms with van der Waals surface area (Å²) in [6.07, 6.45) is 0. The smallest absolute Gasteiger partial charge is 0.252 e. The van der Waals surface area contributed by atoms with E-state index >= 15 is 0 Å². The number of ether oxygens (including phenoxy) is 1. The van der Waals surface area contributed by atoms with E-state index in [1.165, 1.54) is 18.3 Å². The van der Waals surface area contributed by atoms with Gasteiger partial charge in [-0.1, -0.05) is 12.1 Å². The van der Waals surface area contributed by atoms with Crippen molar-refractivity contribution in [3.8, 4) is 5.75 Å². The number of primary amides is 1. The lowest BCUT2D eigenvalue weighted by Crippen LogP contribution is -2.13. The van der Waals surface area contributed by atoms with Crippen LogP contribution in [0.2, 0.25) is 0 Å². The van der Waals surface area contributed by atoms with Gasteiger partial charge in [0.25, 0.3) is 5.91 Å². The summed E-state index contributed by atoms with van der Waals surface area (Å²) >= 11 is 1.31. The molecule has 1 heterocycles. The number of thiazole rings is 1. The summed E-state index contributed by atoms with van der Waals surface area (Å²) in [6, 6.07) is 6.73. The first-order valence-electron chi connectivity index (χ1n) is 5.80. The van der Waals surface area contributed by atoms with E-state index in [1.807, 2.05) is 0 Å². The fourth-order valence-electron chi connectivity index (χ4n) is 1.53. The first-order chi connectivity index (χ1) is 9.56. The molecule has 0 saturated heterocycles. The fourth-order valence-corrected chi connectivity index (χ4v) is 2.27. The minimum atomic E-state index is -0.544. The first-order valence-corrected chi connectivity index (χ1v) is 6.68. The summed E-state index contributed by atoms with van der Waals surface area (Å²) in [6.45, 7) is 1.61. The van der Waals surface area contributed by atoms with Gasteiger partial charge >= 0.3 is 0 Å². The summed E-state index contributed by atoms with van der Waals surface area (Å²) in [7, 11) is 0. The van der Waals surface area contributed by atoms with Gasteiger partial charge in [0.2, 0.25) is 5.91 Å². The summed E-state index contributed by atoms with van der Waals surface area (Å²) < 4.78 is 5.53. The van der Waals surface area contributed by atoms with Gasteiger partial charge in [-0.2, -0.15) is 0 Å². The number of anilines is 1. The zero-order valence-electron chi connectivity index (χ0n) is 10.8. The van der Waals surface area contributed by atoms with Crippen LogP contribution < -0.4 is 15.8 Å². The highest BCUT2D eigenvalue weighted by Crippen LogP contribution is 2.20. The molecule has 0 unspecified atom stereocenters. The maximum Gasteiger partial charge on any atom is 0.252 e. The molecule has 1 aromatic carbocycles. The molecule has 0 aliphatic heterocycles. The van der Waals surface area contributed by atoms with Crippen molar-refractivity contribution in [2.45, 2.75) is 13.5 Å². The van der Waals surface area contributed by atoms with Crippen LogP contribution in [-0.2, 0) is 11.4 Å². The van der Waals surface area contributed by atoms with Crippen LogP contribution in [0.5, 0.6) is 5.75 Å². The third-order valence-corrected chi connectivity index (χ3v) is 3.17. The minimum absolute atomic E-state index is 0.175. The monoisotopic (exact) mass is 291 g/mol. The molecule has 0 bridgehead atoms. The largest absolute Gasteiger partial charge is 0.486 e. The number of nitrogens with one attached hydrogen (secondary N) is 1. The zero-order chi connectivity index (χ0) is 14.5. The van der Waals surface area contributed by atoms with Gasteiger partial charge in [-0.25, -0.2) is 4.98 Å². The third-order valence-electron chi connectivity index (χ3n) is 2.36. The summed E-state index contributed by atoms with van der Waals surface area (Å²) in [4.78, 5) is 26.3. The second-order valence-corrected chi connectivity index (χ2v) is 4.83. The van der Waals surface area contributed by atoms with Crippen LogP contribution in [0.25, 0.3) is 0 Å². The Morgan fingerprint density at radius 3 is 2.85 bits per heavy atom. The van der Waals surface area contributed by atoms with Crippen LogP contribution in [0, 0.1) is 0 Å². The molecule has 3 N–H and O–H groups in total. The Morgan fingerprint density at radius 2 is 2.15 bits per heavy atom. The molecule has 2 rings (SSSR count). The summed E-state index contributed by atoms with van der Waals surface area (Å²) in [5.74, 6) is -0.308. The number of para-hydroxylation sites is 1. The molecule has 0 fully saturated rings. The van der Waals surface area contributed by atoms with E-state index in [4.69, 9.17) is 10.5 Å². The molecule has 0 atom stereocenters. The number of rotatable bonds is 5. The Morgan fingerprint density at radius 1 is 1.40 bits per heavy atom. The molecule has 7 heteroatoms. The lowest BCUT2D eigenvalue weighted by atomic mass is 10.2. The van der Waals surface area contributed by atoms with Gasteiger partial charge in [-0.3, -0.25) is 9.59 Å². The zero-order valence-corrected chi connectivity index (χ0v) is 11.6. The van der Waals surface area contributed by atoms with Crippen LogP contribution in [0.1, 0.15) is 23.0 Å². The predicted molar refractivity (Wildman–Crippen MR) is 75.7 cm³/mol. The van der Waals surface area contributed by atoms with E-state index in [9.17, 15) is 9.59 Å². The van der Waals surface area contributed by atoms with E-state index < -0.39 is 5.91 Å². The van der Waals surface area contributed by atoms with Gasteiger partial charge in [-0.05, 0) is 12.1 Å². The van der Waals surface area contributed by atoms with Gasteiger partial charge < -0.3 is 15.8 Å². The molecule has 20 heavy (non-hydrogen) atoms. The van der Waals surface area contributed by atoms with Crippen molar-refractivity contribution in [3.63, 3.8) is 0 Å². The highest BCUT2D eigenvalue weighted by atomic mass is 32.1. The fraction of sp³-hybridized carbons (Fsp3) is 0.154. The van der Waals surface area contributed by atoms with Crippen molar-refractivity contribution in [2.24, 2.45) is 5.73 Å². The van der Waals surface area contributed by atoms with Crippen LogP contribution in [0.15, 0.2) is 29.6 Å². The van der Waals surface area contributed by atoms with Crippen LogP contribution in [0.4, 0.5) is 5.13 Å². The number of carbonyl (C=O) groups excluding carboxylic acids is 2. The second kappa shape index (κ2) is 6.16. The highest BCUT2D eigenvalue weighted by molar-refractivity contribution is 7.13. The van der Waals surface area contributed by atoms with E-state index in [1.54, 1.807) is 29.6 Å². The third kappa shape index (κ3) is 3.55. The molecule has 0 saturated carbocycles. The number of nitrogens with zero attached hydrogens (tertiary/aromatic N) is 1. The molecule has 0 spiro atoms.